The van der Waals surface area contributed by atoms with Crippen molar-refractivity contribution in [3.8, 4) is 22.3 Å². The van der Waals surface area contributed by atoms with Gasteiger partial charge in [0.2, 0.25) is 5.60 Å². The van der Waals surface area contributed by atoms with E-state index in [-0.39, 0.29) is 23.1 Å². The lowest BCUT2D eigenvalue weighted by Crippen LogP contribution is -2.41. The highest BCUT2D eigenvalue weighted by atomic mass is 19.4. The molecule has 2 aromatic carbocycles. The molecule has 0 saturated carbocycles. The molecule has 0 spiro atoms. The predicted molar refractivity (Wildman–Crippen MR) is 112 cm³/mol. The van der Waals surface area contributed by atoms with Gasteiger partial charge in [-0.25, -0.2) is 0 Å². The number of rotatable bonds is 5. The molecule has 0 fully saturated rings. The summed E-state index contributed by atoms with van der Waals surface area (Å²) in [4.78, 5) is 0. The molecule has 1 aliphatic rings. The number of hydrogen-bond acceptors (Lipinski definition) is 3. The highest BCUT2D eigenvalue weighted by molar-refractivity contribution is 5.92. The monoisotopic (exact) mass is 430 g/mol. The molecule has 1 unspecified atom stereocenters. The van der Waals surface area contributed by atoms with Crippen LogP contribution in [0.2, 0.25) is 0 Å². The van der Waals surface area contributed by atoms with E-state index in [0.717, 1.165) is 0 Å². The summed E-state index contributed by atoms with van der Waals surface area (Å²) >= 11 is 0. The van der Waals surface area contributed by atoms with Crippen molar-refractivity contribution in [2.24, 2.45) is 12.5 Å². The number of alkyl halides is 3. The van der Waals surface area contributed by atoms with Gasteiger partial charge in [0.25, 0.3) is 0 Å². The minimum atomic E-state index is -4.89. The van der Waals surface area contributed by atoms with Crippen molar-refractivity contribution >= 4 is 0 Å². The Morgan fingerprint density at radius 1 is 1.06 bits per heavy atom. The molecule has 1 heterocycles. The van der Waals surface area contributed by atoms with Gasteiger partial charge >= 0.3 is 6.18 Å². The van der Waals surface area contributed by atoms with Crippen LogP contribution in [0.3, 0.4) is 0 Å². The highest BCUT2D eigenvalue weighted by Gasteiger charge is 2.61. The summed E-state index contributed by atoms with van der Waals surface area (Å²) < 4.78 is 44.5. The lowest BCUT2D eigenvalue weighted by atomic mass is 9.84. The Bertz CT molecular complexity index is 1130. The molecule has 2 N–H and O–H groups in total. The normalized spacial score (nSPS) is 18.2. The van der Waals surface area contributed by atoms with Crippen LogP contribution in [0.1, 0.15) is 37.0 Å². The largest absolute Gasteiger partial charge is 0.425 e. The summed E-state index contributed by atoms with van der Waals surface area (Å²) in [6.45, 7) is 3.79. The van der Waals surface area contributed by atoms with E-state index in [1.165, 1.54) is 18.2 Å². The van der Waals surface area contributed by atoms with Crippen molar-refractivity contribution in [2.75, 3.05) is 6.61 Å². The van der Waals surface area contributed by atoms with E-state index < -0.39 is 11.8 Å². The zero-order valence-corrected chi connectivity index (χ0v) is 17.7. The molecule has 31 heavy (non-hydrogen) atoms. The van der Waals surface area contributed by atoms with Crippen LogP contribution in [0.4, 0.5) is 13.2 Å². The molecule has 0 amide bonds. The van der Waals surface area contributed by atoms with Crippen LogP contribution in [0.15, 0.2) is 48.8 Å². The Morgan fingerprint density at radius 3 is 2.39 bits per heavy atom. The van der Waals surface area contributed by atoms with Gasteiger partial charge in [0, 0.05) is 36.5 Å². The second-order valence-corrected chi connectivity index (χ2v) is 9.04. The minimum Gasteiger partial charge on any atom is -0.396 e. The Labute approximate surface area is 179 Å². The van der Waals surface area contributed by atoms with E-state index in [9.17, 15) is 23.4 Å². The molecule has 0 radical (unpaired) electrons. The first-order valence-corrected chi connectivity index (χ1v) is 10.1. The molecule has 0 bridgehead atoms. The summed E-state index contributed by atoms with van der Waals surface area (Å²) in [5.74, 6) is 0. The lowest BCUT2D eigenvalue weighted by molar-refractivity contribution is -0.246. The number of aliphatic hydroxyl groups is 2. The first-order valence-electron chi connectivity index (χ1n) is 10.1. The van der Waals surface area contributed by atoms with Crippen molar-refractivity contribution < 1.29 is 23.4 Å². The number of nitrogens with zero attached hydrogens (tertiary/aromatic N) is 2. The number of halogens is 3. The second-order valence-electron chi connectivity index (χ2n) is 9.04. The van der Waals surface area contributed by atoms with Crippen LogP contribution < -0.4 is 0 Å². The Hall–Kier alpha value is -2.64. The van der Waals surface area contributed by atoms with E-state index in [4.69, 9.17) is 0 Å². The van der Waals surface area contributed by atoms with Gasteiger partial charge in [0.05, 0.1) is 6.20 Å². The first-order chi connectivity index (χ1) is 14.5. The Balaban J connectivity index is 1.98. The van der Waals surface area contributed by atoms with Gasteiger partial charge in [-0.15, -0.1) is 0 Å². The SMILES string of the molecule is Cn1cc(-c2cc(CCC(C)(C)CO)cc3c2-c2ccccc2C3(O)C(F)(F)F)cn1. The van der Waals surface area contributed by atoms with E-state index in [0.29, 0.717) is 40.7 Å². The van der Waals surface area contributed by atoms with E-state index in [1.807, 2.05) is 19.9 Å². The Morgan fingerprint density at radius 2 is 1.77 bits per heavy atom. The molecule has 1 aromatic heterocycles. The third-order valence-corrected chi connectivity index (χ3v) is 6.12. The van der Waals surface area contributed by atoms with Gasteiger partial charge in [0.1, 0.15) is 0 Å². The summed E-state index contributed by atoms with van der Waals surface area (Å²) in [6.07, 6.45) is -0.455. The molecule has 1 atom stereocenters. The fraction of sp³-hybridized carbons (Fsp3) is 0.375. The number of aliphatic hydroxyl groups excluding tert-OH is 1. The smallest absolute Gasteiger partial charge is 0.396 e. The molecule has 4 nitrogen and oxygen atoms in total. The number of aromatic nitrogens is 2. The van der Waals surface area contributed by atoms with Gasteiger partial charge in [-0.1, -0.05) is 50.2 Å². The molecular weight excluding hydrogens is 405 g/mol. The van der Waals surface area contributed by atoms with Crippen LogP contribution in [-0.4, -0.2) is 32.8 Å². The third kappa shape index (κ3) is 3.46. The standard InChI is InChI=1S/C24H25F3N2O2/c1-22(2,14-30)9-8-15-10-18(16-12-28-29(3)13-16)21-17-6-4-5-7-19(17)23(31,20(21)11-15)24(25,26)27/h4-7,10-13,30-31H,8-9,14H2,1-3H3. The van der Waals surface area contributed by atoms with E-state index in [1.54, 1.807) is 36.3 Å². The van der Waals surface area contributed by atoms with Crippen LogP contribution in [0.25, 0.3) is 22.3 Å². The third-order valence-electron chi connectivity index (χ3n) is 6.12. The van der Waals surface area contributed by atoms with Crippen LogP contribution in [-0.2, 0) is 19.1 Å². The average Bonchev–Trinajstić information content (AvgIpc) is 3.26. The van der Waals surface area contributed by atoms with Gasteiger partial charge in [-0.2, -0.15) is 18.3 Å². The zero-order chi connectivity index (χ0) is 22.6. The van der Waals surface area contributed by atoms with Gasteiger partial charge in [-0.3, -0.25) is 4.68 Å². The van der Waals surface area contributed by atoms with Crippen molar-refractivity contribution in [2.45, 2.75) is 38.5 Å². The predicted octanol–water partition coefficient (Wildman–Crippen LogP) is 4.82. The number of hydrogen-bond donors (Lipinski definition) is 2. The highest BCUT2D eigenvalue weighted by Crippen LogP contribution is 2.57. The topological polar surface area (TPSA) is 58.3 Å². The van der Waals surface area contributed by atoms with Crippen LogP contribution in [0, 0.1) is 5.41 Å². The summed E-state index contributed by atoms with van der Waals surface area (Å²) in [6, 6.07) is 9.49. The quantitative estimate of drug-likeness (QED) is 0.610. The molecule has 0 aliphatic heterocycles. The molecule has 3 aromatic rings. The number of aryl methyl sites for hydroxylation is 2. The van der Waals surface area contributed by atoms with Crippen molar-refractivity contribution in [1.29, 1.82) is 0 Å². The minimum absolute atomic E-state index is 0.0225. The van der Waals surface area contributed by atoms with E-state index >= 15 is 0 Å². The zero-order valence-electron chi connectivity index (χ0n) is 17.7. The number of benzene rings is 2. The molecule has 0 saturated heterocycles. The maximum Gasteiger partial charge on any atom is 0.425 e. The lowest BCUT2D eigenvalue weighted by Gasteiger charge is -2.29. The second kappa shape index (κ2) is 7.21. The van der Waals surface area contributed by atoms with Crippen molar-refractivity contribution in [1.82, 2.24) is 9.78 Å². The van der Waals surface area contributed by atoms with Gasteiger partial charge in [-0.05, 0) is 40.5 Å². The molecule has 164 valence electrons. The van der Waals surface area contributed by atoms with Crippen molar-refractivity contribution in [3.05, 3.63) is 65.5 Å². The average molecular weight is 430 g/mol. The summed E-state index contributed by atoms with van der Waals surface area (Å²) in [5, 5.41) is 24.9. The maximum atomic E-state index is 14.3. The fourth-order valence-electron chi connectivity index (χ4n) is 4.24. The number of fused-ring (bicyclic) bond motifs is 3. The molecule has 1 aliphatic carbocycles. The van der Waals surface area contributed by atoms with Crippen molar-refractivity contribution in [3.63, 3.8) is 0 Å². The van der Waals surface area contributed by atoms with Crippen LogP contribution >= 0.6 is 0 Å². The van der Waals surface area contributed by atoms with Gasteiger partial charge in [0.15, 0.2) is 0 Å². The first kappa shape index (κ1) is 21.6. The molecule has 4 rings (SSSR count). The Kier molecular flexibility index (Phi) is 5.02. The summed E-state index contributed by atoms with van der Waals surface area (Å²) in [7, 11) is 1.75. The molecule has 7 heteroatoms. The van der Waals surface area contributed by atoms with E-state index in [2.05, 4.69) is 5.10 Å². The molecular formula is C24H25F3N2O2. The van der Waals surface area contributed by atoms with Crippen LogP contribution in [0.5, 0.6) is 0 Å². The summed E-state index contributed by atoms with van der Waals surface area (Å²) in [5.41, 5.74) is -1.04. The van der Waals surface area contributed by atoms with Gasteiger partial charge < -0.3 is 10.2 Å². The fourth-order valence-corrected chi connectivity index (χ4v) is 4.24. The maximum absolute atomic E-state index is 14.3.